The molecule has 5 heteroatoms. The first-order valence-electron chi connectivity index (χ1n) is 6.99. The smallest absolute Gasteiger partial charge is 0.251 e. The van der Waals surface area contributed by atoms with Crippen molar-refractivity contribution in [3.63, 3.8) is 0 Å². The highest BCUT2D eigenvalue weighted by Crippen LogP contribution is 2.22. The van der Waals surface area contributed by atoms with Crippen molar-refractivity contribution < 1.29 is 14.7 Å². The highest BCUT2D eigenvalue weighted by Gasteiger charge is 2.15. The maximum atomic E-state index is 12.0. The normalized spacial score (nSPS) is 11.1. The van der Waals surface area contributed by atoms with Gasteiger partial charge in [0.05, 0.1) is 13.2 Å². The summed E-state index contributed by atoms with van der Waals surface area (Å²) in [5, 5.41) is 11.3. The lowest BCUT2D eigenvalue weighted by atomic mass is 9.87. The molecule has 1 rings (SSSR count). The van der Waals surface area contributed by atoms with Gasteiger partial charge < -0.3 is 15.3 Å². The van der Waals surface area contributed by atoms with Crippen LogP contribution in [-0.4, -0.2) is 48.6 Å². The van der Waals surface area contributed by atoms with Gasteiger partial charge in [0.1, 0.15) is 0 Å². The van der Waals surface area contributed by atoms with Crippen molar-refractivity contribution in [1.82, 2.24) is 10.2 Å². The molecule has 5 nitrogen and oxygen atoms in total. The van der Waals surface area contributed by atoms with E-state index >= 15 is 0 Å². The molecule has 116 valence electrons. The number of rotatable bonds is 5. The Morgan fingerprint density at radius 3 is 2.24 bits per heavy atom. The van der Waals surface area contributed by atoms with Crippen LogP contribution < -0.4 is 5.32 Å². The maximum absolute atomic E-state index is 12.0. The van der Waals surface area contributed by atoms with E-state index in [0.717, 1.165) is 5.56 Å². The summed E-state index contributed by atoms with van der Waals surface area (Å²) in [5.41, 5.74) is 1.72. The molecule has 0 bridgehead atoms. The van der Waals surface area contributed by atoms with Crippen molar-refractivity contribution in [1.29, 1.82) is 0 Å². The van der Waals surface area contributed by atoms with E-state index in [0.29, 0.717) is 5.56 Å². The summed E-state index contributed by atoms with van der Waals surface area (Å²) in [6.45, 7) is 6.42. The van der Waals surface area contributed by atoms with Gasteiger partial charge >= 0.3 is 0 Å². The molecule has 0 aliphatic carbocycles. The summed E-state index contributed by atoms with van der Waals surface area (Å²) < 4.78 is 0. The number of carbonyl (C=O) groups is 2. The SMILES string of the molecule is CN(CCO)C(=O)CNC(=O)c1ccc(C(C)(C)C)cc1. The Labute approximate surface area is 126 Å². The predicted molar refractivity (Wildman–Crippen MR) is 82.2 cm³/mol. The largest absolute Gasteiger partial charge is 0.395 e. The fraction of sp³-hybridized carbons (Fsp3) is 0.500. The summed E-state index contributed by atoms with van der Waals surface area (Å²) in [6.07, 6.45) is 0. The molecule has 21 heavy (non-hydrogen) atoms. The monoisotopic (exact) mass is 292 g/mol. The van der Waals surface area contributed by atoms with Gasteiger partial charge in [0.25, 0.3) is 5.91 Å². The topological polar surface area (TPSA) is 69.6 Å². The van der Waals surface area contributed by atoms with Crippen LogP contribution in [0.2, 0.25) is 0 Å². The number of likely N-dealkylation sites (N-methyl/N-ethyl adjacent to an activating group) is 1. The van der Waals surface area contributed by atoms with Gasteiger partial charge in [-0.05, 0) is 23.1 Å². The van der Waals surface area contributed by atoms with Gasteiger partial charge in [-0.15, -0.1) is 0 Å². The standard InChI is InChI=1S/C16H24N2O3/c1-16(2,3)13-7-5-12(6-8-13)15(21)17-11-14(20)18(4)9-10-19/h5-8,19H,9-11H2,1-4H3,(H,17,21). The fourth-order valence-corrected chi connectivity index (χ4v) is 1.79. The van der Waals surface area contributed by atoms with Crippen LogP contribution in [0.5, 0.6) is 0 Å². The van der Waals surface area contributed by atoms with Crippen LogP contribution in [0.4, 0.5) is 0 Å². The van der Waals surface area contributed by atoms with Gasteiger partial charge in [-0.2, -0.15) is 0 Å². The number of aliphatic hydroxyl groups is 1. The predicted octanol–water partition coefficient (Wildman–Crippen LogP) is 1.16. The highest BCUT2D eigenvalue weighted by atomic mass is 16.3. The van der Waals surface area contributed by atoms with Crippen LogP contribution in [0.15, 0.2) is 24.3 Å². The maximum Gasteiger partial charge on any atom is 0.251 e. The van der Waals surface area contributed by atoms with E-state index in [1.54, 1.807) is 19.2 Å². The van der Waals surface area contributed by atoms with Crippen molar-refractivity contribution in [2.45, 2.75) is 26.2 Å². The third kappa shape index (κ3) is 5.19. The lowest BCUT2D eigenvalue weighted by Gasteiger charge is -2.19. The Hall–Kier alpha value is -1.88. The molecule has 2 N–H and O–H groups in total. The van der Waals surface area contributed by atoms with E-state index in [9.17, 15) is 9.59 Å². The first-order valence-corrected chi connectivity index (χ1v) is 6.99. The number of amides is 2. The van der Waals surface area contributed by atoms with E-state index in [1.165, 1.54) is 4.90 Å². The van der Waals surface area contributed by atoms with Gasteiger partial charge in [-0.3, -0.25) is 9.59 Å². The lowest BCUT2D eigenvalue weighted by molar-refractivity contribution is -0.129. The minimum atomic E-state index is -0.277. The quantitative estimate of drug-likeness (QED) is 0.856. The molecule has 0 heterocycles. The zero-order valence-corrected chi connectivity index (χ0v) is 13.1. The summed E-state index contributed by atoms with van der Waals surface area (Å²) in [5.74, 6) is -0.509. The van der Waals surface area contributed by atoms with Crippen LogP contribution in [0.25, 0.3) is 0 Å². The number of hydrogen-bond acceptors (Lipinski definition) is 3. The Morgan fingerprint density at radius 2 is 1.76 bits per heavy atom. The molecule has 0 spiro atoms. The Morgan fingerprint density at radius 1 is 1.19 bits per heavy atom. The number of nitrogens with one attached hydrogen (secondary N) is 1. The Balaban J connectivity index is 2.58. The zero-order valence-electron chi connectivity index (χ0n) is 13.1. The molecule has 0 aliphatic heterocycles. The van der Waals surface area contributed by atoms with Crippen LogP contribution in [0.1, 0.15) is 36.7 Å². The summed E-state index contributed by atoms with van der Waals surface area (Å²) in [4.78, 5) is 25.0. The van der Waals surface area contributed by atoms with Gasteiger partial charge in [0.2, 0.25) is 5.91 Å². The fourth-order valence-electron chi connectivity index (χ4n) is 1.79. The van der Waals surface area contributed by atoms with Gasteiger partial charge in [-0.1, -0.05) is 32.9 Å². The first-order chi connectivity index (χ1) is 9.75. The molecule has 1 aromatic rings. The van der Waals surface area contributed by atoms with E-state index < -0.39 is 0 Å². The molecular weight excluding hydrogens is 268 g/mol. The second kappa shape index (κ2) is 7.22. The molecule has 0 aliphatic rings. The third-order valence-electron chi connectivity index (χ3n) is 3.27. The number of aliphatic hydroxyl groups excluding tert-OH is 1. The van der Waals surface area contributed by atoms with Gasteiger partial charge in [0, 0.05) is 19.2 Å². The molecule has 1 aromatic carbocycles. The van der Waals surface area contributed by atoms with Crippen molar-refractivity contribution >= 4 is 11.8 Å². The van der Waals surface area contributed by atoms with E-state index in [-0.39, 0.29) is 36.9 Å². The number of nitrogens with zero attached hydrogens (tertiary/aromatic N) is 1. The number of hydrogen-bond donors (Lipinski definition) is 2. The van der Waals surface area contributed by atoms with Crippen LogP contribution >= 0.6 is 0 Å². The first kappa shape index (κ1) is 17.2. The number of benzene rings is 1. The van der Waals surface area contributed by atoms with E-state index in [1.807, 2.05) is 12.1 Å². The van der Waals surface area contributed by atoms with E-state index in [4.69, 9.17) is 5.11 Å². The average molecular weight is 292 g/mol. The number of carbonyl (C=O) groups excluding carboxylic acids is 2. The van der Waals surface area contributed by atoms with Crippen LogP contribution in [0.3, 0.4) is 0 Å². The average Bonchev–Trinajstić information content (AvgIpc) is 2.43. The minimum Gasteiger partial charge on any atom is -0.395 e. The Kier molecular flexibility index (Phi) is 5.90. The van der Waals surface area contributed by atoms with Crippen molar-refractivity contribution in [3.05, 3.63) is 35.4 Å². The highest BCUT2D eigenvalue weighted by molar-refractivity contribution is 5.96. The molecule has 0 fully saturated rings. The second-order valence-electron chi connectivity index (χ2n) is 6.05. The molecule has 0 unspecified atom stereocenters. The molecular formula is C16H24N2O3. The minimum absolute atomic E-state index is 0.0397. The van der Waals surface area contributed by atoms with Crippen molar-refractivity contribution in [3.8, 4) is 0 Å². The molecule has 0 saturated carbocycles. The van der Waals surface area contributed by atoms with Crippen LogP contribution in [0, 0.1) is 0 Å². The van der Waals surface area contributed by atoms with Crippen molar-refractivity contribution in [2.24, 2.45) is 0 Å². The summed E-state index contributed by atoms with van der Waals surface area (Å²) in [7, 11) is 1.59. The van der Waals surface area contributed by atoms with Crippen LogP contribution in [-0.2, 0) is 10.2 Å². The van der Waals surface area contributed by atoms with Gasteiger partial charge in [-0.25, -0.2) is 0 Å². The molecule has 0 atom stereocenters. The molecule has 2 amide bonds. The second-order valence-corrected chi connectivity index (χ2v) is 6.05. The Bertz CT molecular complexity index is 489. The van der Waals surface area contributed by atoms with Gasteiger partial charge in [0.15, 0.2) is 0 Å². The third-order valence-corrected chi connectivity index (χ3v) is 3.27. The molecule has 0 aromatic heterocycles. The molecule has 0 radical (unpaired) electrons. The van der Waals surface area contributed by atoms with Crippen molar-refractivity contribution in [2.75, 3.05) is 26.7 Å². The summed E-state index contributed by atoms with van der Waals surface area (Å²) >= 11 is 0. The zero-order chi connectivity index (χ0) is 16.0. The summed E-state index contributed by atoms with van der Waals surface area (Å²) in [6, 6.07) is 7.37. The lowest BCUT2D eigenvalue weighted by Crippen LogP contribution is -2.39. The molecule has 0 saturated heterocycles. The van der Waals surface area contributed by atoms with E-state index in [2.05, 4.69) is 26.1 Å².